The van der Waals surface area contributed by atoms with Gasteiger partial charge in [-0.25, -0.2) is 0 Å². The zero-order chi connectivity index (χ0) is 22.5. The molecule has 0 amide bonds. The fourth-order valence-electron chi connectivity index (χ4n) is 0.566. The van der Waals surface area contributed by atoms with Gasteiger partial charge in [0.25, 0.3) is 0 Å². The average Bonchev–Trinajstić information content (AvgIpc) is 2.46. The Labute approximate surface area is 148 Å². The molecule has 0 aromatic rings. The molecule has 0 bridgehead atoms. The summed E-state index contributed by atoms with van der Waals surface area (Å²) in [4.78, 5) is 11.7. The van der Waals surface area contributed by atoms with Crippen LogP contribution in [0, 0.1) is 0 Å². The average molecular weight is 423 g/mol. The van der Waals surface area contributed by atoms with Crippen molar-refractivity contribution < 1.29 is 54.0 Å². The van der Waals surface area contributed by atoms with Crippen molar-refractivity contribution in [2.45, 2.75) is 39.3 Å². The molecule has 162 valence electrons. The zero-order valence-electron chi connectivity index (χ0n) is 15.0. The van der Waals surface area contributed by atoms with E-state index in [0.717, 1.165) is 42.1 Å². The van der Waals surface area contributed by atoms with Gasteiger partial charge in [0.15, 0.2) is 17.1 Å². The zero-order valence-corrected chi connectivity index (χ0v) is 15.0. The van der Waals surface area contributed by atoms with E-state index in [0.29, 0.717) is 0 Å². The summed E-state index contributed by atoms with van der Waals surface area (Å²) < 4.78 is 103. The Balaban J connectivity index is -0.000000320. The highest BCUT2D eigenvalue weighted by Crippen LogP contribution is 2.17. The van der Waals surface area contributed by atoms with Crippen molar-refractivity contribution in [3.8, 4) is 0 Å². The minimum Gasteiger partial charge on any atom is -0.399 e. The van der Waals surface area contributed by atoms with Gasteiger partial charge in [0.2, 0.25) is 0 Å². The molecule has 0 fully saturated rings. The van der Waals surface area contributed by atoms with Crippen LogP contribution in [0.1, 0.15) is 20.8 Å². The summed E-state index contributed by atoms with van der Waals surface area (Å²) in [5.74, 6) is 0. The van der Waals surface area contributed by atoms with E-state index in [4.69, 9.17) is 0 Å². The molecule has 0 saturated heterocycles. The largest absolute Gasteiger partial charge is 0.432 e. The molecule has 0 spiro atoms. The Morgan fingerprint density at radius 2 is 0.630 bits per heavy atom. The molecule has 0 aliphatic carbocycles. The second-order valence-corrected chi connectivity index (χ2v) is 4.07. The second-order valence-electron chi connectivity index (χ2n) is 4.07. The smallest absolute Gasteiger partial charge is 0.399 e. The van der Waals surface area contributed by atoms with E-state index in [9.17, 15) is 39.5 Å². The van der Waals surface area contributed by atoms with Crippen molar-refractivity contribution in [2.75, 3.05) is 21.3 Å². The summed E-state index contributed by atoms with van der Waals surface area (Å²) in [6.07, 6.45) is -13.1. The number of halogens is 9. The molecular formula is C12H18F9N3O3. The van der Waals surface area contributed by atoms with Gasteiger partial charge in [0.1, 0.15) is 21.3 Å². The number of nitrogens with zero attached hydrogens (tertiary/aromatic N) is 3. The van der Waals surface area contributed by atoms with Gasteiger partial charge in [-0.2, -0.15) is 39.5 Å². The van der Waals surface area contributed by atoms with Crippen LogP contribution in [0.25, 0.3) is 0 Å². The van der Waals surface area contributed by atoms with E-state index >= 15 is 0 Å². The molecule has 0 aliphatic heterocycles. The van der Waals surface area contributed by atoms with Crippen molar-refractivity contribution >= 4 is 17.1 Å². The number of hydrogen-bond donors (Lipinski definition) is 0. The third-order valence-electron chi connectivity index (χ3n) is 1.92. The molecule has 6 nitrogen and oxygen atoms in total. The minimum absolute atomic E-state index is 0.837. The predicted molar refractivity (Wildman–Crippen MR) is 78.5 cm³/mol. The molecule has 0 heterocycles. The van der Waals surface area contributed by atoms with Crippen LogP contribution in [0.15, 0.2) is 15.5 Å². The van der Waals surface area contributed by atoms with Crippen LogP contribution in [0.4, 0.5) is 39.5 Å². The van der Waals surface area contributed by atoms with Crippen molar-refractivity contribution in [3.05, 3.63) is 0 Å². The van der Waals surface area contributed by atoms with Crippen LogP contribution in [-0.4, -0.2) is 57.0 Å². The molecule has 0 aromatic carbocycles. The van der Waals surface area contributed by atoms with Crippen LogP contribution in [-0.2, 0) is 14.5 Å². The number of alkyl halides is 9. The second kappa shape index (κ2) is 13.0. The summed E-state index contributed by atoms with van der Waals surface area (Å²) in [6.45, 7) is 2.51. The molecular weight excluding hydrogens is 405 g/mol. The molecule has 0 aromatic heterocycles. The van der Waals surface area contributed by atoms with Gasteiger partial charge < -0.3 is 14.5 Å². The minimum atomic E-state index is -4.37. The third kappa shape index (κ3) is 18.4. The first-order chi connectivity index (χ1) is 11.9. The quantitative estimate of drug-likeness (QED) is 0.375. The van der Waals surface area contributed by atoms with Gasteiger partial charge in [-0.1, -0.05) is 15.5 Å². The first-order valence-corrected chi connectivity index (χ1v) is 6.39. The molecule has 27 heavy (non-hydrogen) atoms. The van der Waals surface area contributed by atoms with E-state index in [2.05, 4.69) is 30.0 Å². The fraction of sp³-hybridized carbons (Fsp3) is 0.750. The number of rotatable bonds is 3. The van der Waals surface area contributed by atoms with Crippen LogP contribution in [0.5, 0.6) is 0 Å². The Morgan fingerprint density at radius 1 is 0.481 bits per heavy atom. The lowest BCUT2D eigenvalue weighted by atomic mass is 10.4. The highest BCUT2D eigenvalue weighted by Gasteiger charge is 2.33. The lowest BCUT2D eigenvalue weighted by Gasteiger charge is -2.02. The first kappa shape index (κ1) is 29.5. The van der Waals surface area contributed by atoms with E-state index < -0.39 is 35.7 Å². The maximum absolute atomic E-state index is 11.4. The normalized spacial score (nSPS) is 13.7. The van der Waals surface area contributed by atoms with Gasteiger partial charge in [0, 0.05) is 0 Å². The summed E-state index contributed by atoms with van der Waals surface area (Å²) in [5, 5.41) is 8.06. The Kier molecular flexibility index (Phi) is 14.3. The molecule has 0 saturated carbocycles. The SMILES string of the molecule is CO/N=C(/C)C(F)(F)F.CO/N=C(/C)C(F)(F)F.CO/N=C(\C)C(F)(F)F. The summed E-state index contributed by atoms with van der Waals surface area (Å²) in [7, 11) is 3.19. The lowest BCUT2D eigenvalue weighted by molar-refractivity contribution is -0.0628. The lowest BCUT2D eigenvalue weighted by Crippen LogP contribution is -2.19. The third-order valence-corrected chi connectivity index (χ3v) is 1.92. The van der Waals surface area contributed by atoms with E-state index in [1.54, 1.807) is 0 Å². The van der Waals surface area contributed by atoms with Crippen molar-refractivity contribution in [2.24, 2.45) is 15.5 Å². The Hall–Kier alpha value is -2.22. The summed E-state index contributed by atoms with van der Waals surface area (Å²) >= 11 is 0. The number of oxime groups is 3. The van der Waals surface area contributed by atoms with Gasteiger partial charge in [0.05, 0.1) is 0 Å². The standard InChI is InChI=1S/3C4H6F3NO/c3*1-3(8-9-2)4(5,6)7/h3*1-2H3/b8-3+;2*8-3-. The molecule has 0 rings (SSSR count). The highest BCUT2D eigenvalue weighted by molar-refractivity contribution is 5.87. The monoisotopic (exact) mass is 423 g/mol. The van der Waals surface area contributed by atoms with Crippen molar-refractivity contribution in [3.63, 3.8) is 0 Å². The maximum atomic E-state index is 11.4. The Bertz CT molecular complexity index is 424. The van der Waals surface area contributed by atoms with E-state index in [1.807, 2.05) is 0 Å². The first-order valence-electron chi connectivity index (χ1n) is 6.39. The van der Waals surface area contributed by atoms with Gasteiger partial charge in [-0.15, -0.1) is 0 Å². The molecule has 0 radical (unpaired) electrons. The summed E-state index contributed by atoms with van der Waals surface area (Å²) in [5.41, 5.74) is -2.94. The van der Waals surface area contributed by atoms with Gasteiger partial charge >= 0.3 is 18.5 Å². The van der Waals surface area contributed by atoms with Crippen LogP contribution in [0.3, 0.4) is 0 Å². The fourth-order valence-corrected chi connectivity index (χ4v) is 0.566. The Morgan fingerprint density at radius 3 is 0.667 bits per heavy atom. The van der Waals surface area contributed by atoms with E-state index in [1.165, 1.54) is 0 Å². The van der Waals surface area contributed by atoms with Crippen molar-refractivity contribution in [1.82, 2.24) is 0 Å². The predicted octanol–water partition coefficient (Wildman–Crippen LogP) is 4.71. The molecule has 0 N–H and O–H groups in total. The van der Waals surface area contributed by atoms with Gasteiger partial charge in [-0.05, 0) is 20.8 Å². The number of hydrogen-bond acceptors (Lipinski definition) is 6. The van der Waals surface area contributed by atoms with Gasteiger partial charge in [-0.3, -0.25) is 0 Å². The van der Waals surface area contributed by atoms with Crippen molar-refractivity contribution in [1.29, 1.82) is 0 Å². The molecule has 15 heteroatoms. The van der Waals surface area contributed by atoms with E-state index in [-0.39, 0.29) is 0 Å². The summed E-state index contributed by atoms with van der Waals surface area (Å²) in [6, 6.07) is 0. The van der Waals surface area contributed by atoms with Crippen LogP contribution >= 0.6 is 0 Å². The molecule has 0 unspecified atom stereocenters. The van der Waals surface area contributed by atoms with Crippen LogP contribution in [0.2, 0.25) is 0 Å². The van der Waals surface area contributed by atoms with Crippen LogP contribution < -0.4 is 0 Å². The highest BCUT2D eigenvalue weighted by atomic mass is 19.4. The molecule has 0 aliphatic rings. The maximum Gasteiger partial charge on any atom is 0.432 e. The topological polar surface area (TPSA) is 64.8 Å². The molecule has 0 atom stereocenters.